The van der Waals surface area contributed by atoms with Crippen LogP contribution in [0.15, 0.2) is 42.5 Å². The highest BCUT2D eigenvalue weighted by atomic mass is 16.7. The van der Waals surface area contributed by atoms with Crippen LogP contribution in [-0.2, 0) is 11.2 Å². The summed E-state index contributed by atoms with van der Waals surface area (Å²) in [5, 5.41) is 0. The number of para-hydroxylation sites is 1. The van der Waals surface area contributed by atoms with E-state index in [1.807, 2.05) is 44.2 Å². The molecule has 0 spiro atoms. The van der Waals surface area contributed by atoms with Crippen LogP contribution in [-0.4, -0.2) is 19.9 Å². The van der Waals surface area contributed by atoms with Crippen molar-refractivity contribution in [1.82, 2.24) is 0 Å². The Balaban J connectivity index is 2.07. The van der Waals surface area contributed by atoms with Gasteiger partial charge in [-0.25, -0.2) is 4.79 Å². The minimum absolute atomic E-state index is 0.501. The van der Waals surface area contributed by atoms with E-state index in [1.54, 1.807) is 19.2 Å². The van der Waals surface area contributed by atoms with Crippen LogP contribution >= 0.6 is 0 Å². The summed E-state index contributed by atoms with van der Waals surface area (Å²) in [6.45, 7) is 4.42. The molecule has 2 rings (SSSR count). The summed E-state index contributed by atoms with van der Waals surface area (Å²) in [5.74, 6) is 1.01. The maximum Gasteiger partial charge on any atom is 0.519 e. The highest BCUT2D eigenvalue weighted by Crippen LogP contribution is 2.23. The van der Waals surface area contributed by atoms with Crippen molar-refractivity contribution in [2.24, 2.45) is 0 Å². The standard InChI is InChI=1S/C18H20O4/c1-13-7-4-5-9-16(13)21-18(19)22-17-10-6-8-15(14(17)2)11-12-20-3/h4-10H,11-12H2,1-3H3. The maximum absolute atomic E-state index is 11.9. The SMILES string of the molecule is COCCc1cccc(OC(=O)Oc2ccccc2C)c1C. The lowest BCUT2D eigenvalue weighted by molar-refractivity contribution is 0.151. The van der Waals surface area contributed by atoms with Crippen molar-refractivity contribution in [1.29, 1.82) is 0 Å². The number of benzene rings is 2. The van der Waals surface area contributed by atoms with E-state index >= 15 is 0 Å². The number of aryl methyl sites for hydroxylation is 1. The minimum atomic E-state index is -0.735. The molecule has 0 aliphatic rings. The topological polar surface area (TPSA) is 44.8 Å². The molecule has 2 aromatic rings. The van der Waals surface area contributed by atoms with Crippen LogP contribution in [0.3, 0.4) is 0 Å². The second-order valence-electron chi connectivity index (χ2n) is 5.00. The summed E-state index contributed by atoms with van der Waals surface area (Å²) < 4.78 is 15.6. The predicted octanol–water partition coefficient (Wildman–Crippen LogP) is 4.07. The van der Waals surface area contributed by atoms with Gasteiger partial charge in [0, 0.05) is 7.11 Å². The molecule has 0 amide bonds. The quantitative estimate of drug-likeness (QED) is 0.617. The molecule has 116 valence electrons. The third-order valence-corrected chi connectivity index (χ3v) is 3.45. The molecule has 2 aromatic carbocycles. The average molecular weight is 300 g/mol. The van der Waals surface area contributed by atoms with Gasteiger partial charge in [0.05, 0.1) is 6.61 Å². The van der Waals surface area contributed by atoms with Crippen molar-refractivity contribution in [2.75, 3.05) is 13.7 Å². The number of carbonyl (C=O) groups excluding carboxylic acids is 1. The smallest absolute Gasteiger partial charge is 0.394 e. The highest BCUT2D eigenvalue weighted by molar-refractivity contribution is 5.68. The van der Waals surface area contributed by atoms with Gasteiger partial charge in [-0.1, -0.05) is 30.3 Å². The zero-order valence-corrected chi connectivity index (χ0v) is 13.1. The van der Waals surface area contributed by atoms with E-state index < -0.39 is 6.16 Å². The van der Waals surface area contributed by atoms with Crippen LogP contribution in [0, 0.1) is 13.8 Å². The molecule has 0 unspecified atom stereocenters. The van der Waals surface area contributed by atoms with Gasteiger partial charge in [0.15, 0.2) is 0 Å². The summed E-state index contributed by atoms with van der Waals surface area (Å²) in [7, 11) is 1.66. The van der Waals surface area contributed by atoms with Crippen molar-refractivity contribution >= 4 is 6.16 Å². The first kappa shape index (κ1) is 16.0. The Bertz CT molecular complexity index is 649. The van der Waals surface area contributed by atoms with E-state index in [0.29, 0.717) is 18.1 Å². The van der Waals surface area contributed by atoms with Gasteiger partial charge < -0.3 is 14.2 Å². The second kappa shape index (κ2) is 7.61. The van der Waals surface area contributed by atoms with E-state index in [4.69, 9.17) is 14.2 Å². The van der Waals surface area contributed by atoms with Crippen molar-refractivity contribution in [2.45, 2.75) is 20.3 Å². The first-order valence-electron chi connectivity index (χ1n) is 7.14. The van der Waals surface area contributed by atoms with E-state index in [0.717, 1.165) is 23.1 Å². The number of hydrogen-bond acceptors (Lipinski definition) is 4. The van der Waals surface area contributed by atoms with Crippen LogP contribution in [0.1, 0.15) is 16.7 Å². The Morgan fingerprint density at radius 1 is 0.955 bits per heavy atom. The van der Waals surface area contributed by atoms with Gasteiger partial charge in [0.25, 0.3) is 0 Å². The molecule has 0 saturated heterocycles. The predicted molar refractivity (Wildman–Crippen MR) is 84.6 cm³/mol. The van der Waals surface area contributed by atoms with E-state index in [1.165, 1.54) is 0 Å². The van der Waals surface area contributed by atoms with Gasteiger partial charge in [-0.2, -0.15) is 0 Å². The molecule has 0 bridgehead atoms. The first-order chi connectivity index (χ1) is 10.6. The van der Waals surface area contributed by atoms with Crippen molar-refractivity contribution in [3.05, 3.63) is 59.2 Å². The zero-order chi connectivity index (χ0) is 15.9. The summed E-state index contributed by atoms with van der Waals surface area (Å²) >= 11 is 0. The number of ether oxygens (including phenoxy) is 3. The fraction of sp³-hybridized carbons (Fsp3) is 0.278. The fourth-order valence-electron chi connectivity index (χ4n) is 2.12. The van der Waals surface area contributed by atoms with Crippen LogP contribution in [0.4, 0.5) is 4.79 Å². The van der Waals surface area contributed by atoms with Crippen LogP contribution < -0.4 is 9.47 Å². The van der Waals surface area contributed by atoms with Gasteiger partial charge in [-0.15, -0.1) is 0 Å². The summed E-state index contributed by atoms with van der Waals surface area (Å²) in [4.78, 5) is 11.9. The Morgan fingerprint density at radius 2 is 1.64 bits per heavy atom. The molecular weight excluding hydrogens is 280 g/mol. The van der Waals surface area contributed by atoms with Gasteiger partial charge >= 0.3 is 6.16 Å². The van der Waals surface area contributed by atoms with Gasteiger partial charge in [-0.3, -0.25) is 0 Å². The molecule has 0 aromatic heterocycles. The molecule has 0 fully saturated rings. The summed E-state index contributed by atoms with van der Waals surface area (Å²) in [6, 6.07) is 12.9. The lowest BCUT2D eigenvalue weighted by Crippen LogP contribution is -2.15. The third kappa shape index (κ3) is 4.09. The molecule has 0 radical (unpaired) electrons. The molecule has 0 aliphatic carbocycles. The van der Waals surface area contributed by atoms with E-state index in [2.05, 4.69) is 0 Å². The largest absolute Gasteiger partial charge is 0.519 e. The van der Waals surface area contributed by atoms with Crippen molar-refractivity contribution in [3.8, 4) is 11.5 Å². The van der Waals surface area contributed by atoms with Gasteiger partial charge in [-0.05, 0) is 49.1 Å². The van der Waals surface area contributed by atoms with E-state index in [9.17, 15) is 4.79 Å². The molecule has 4 heteroatoms. The molecule has 22 heavy (non-hydrogen) atoms. The van der Waals surface area contributed by atoms with Crippen LogP contribution in [0.25, 0.3) is 0 Å². The Morgan fingerprint density at radius 3 is 2.36 bits per heavy atom. The number of carbonyl (C=O) groups is 1. The first-order valence-corrected chi connectivity index (χ1v) is 7.14. The second-order valence-corrected chi connectivity index (χ2v) is 5.00. The number of hydrogen-bond donors (Lipinski definition) is 0. The molecular formula is C18H20O4. The normalized spacial score (nSPS) is 10.3. The third-order valence-electron chi connectivity index (χ3n) is 3.45. The number of rotatable bonds is 5. The van der Waals surface area contributed by atoms with E-state index in [-0.39, 0.29) is 0 Å². The number of methoxy groups -OCH3 is 1. The Hall–Kier alpha value is -2.33. The monoisotopic (exact) mass is 300 g/mol. The molecule has 0 N–H and O–H groups in total. The van der Waals surface area contributed by atoms with Gasteiger partial charge in [0.2, 0.25) is 0 Å². The molecule has 0 aliphatic heterocycles. The highest BCUT2D eigenvalue weighted by Gasteiger charge is 2.12. The molecule has 4 nitrogen and oxygen atoms in total. The lowest BCUT2D eigenvalue weighted by Gasteiger charge is -2.12. The molecule has 0 saturated carbocycles. The summed E-state index contributed by atoms with van der Waals surface area (Å²) in [5.41, 5.74) is 2.88. The van der Waals surface area contributed by atoms with Crippen LogP contribution in [0.5, 0.6) is 11.5 Å². The molecule has 0 atom stereocenters. The fourth-order valence-corrected chi connectivity index (χ4v) is 2.12. The minimum Gasteiger partial charge on any atom is -0.394 e. The summed E-state index contributed by atoms with van der Waals surface area (Å²) in [6.07, 6.45) is 0.0353. The van der Waals surface area contributed by atoms with Crippen LogP contribution in [0.2, 0.25) is 0 Å². The Labute approximate surface area is 130 Å². The molecule has 0 heterocycles. The van der Waals surface area contributed by atoms with Crippen molar-refractivity contribution < 1.29 is 19.0 Å². The lowest BCUT2D eigenvalue weighted by atomic mass is 10.1. The van der Waals surface area contributed by atoms with Crippen molar-refractivity contribution in [3.63, 3.8) is 0 Å². The maximum atomic E-state index is 11.9. The van der Waals surface area contributed by atoms with Gasteiger partial charge in [0.1, 0.15) is 11.5 Å². The Kier molecular flexibility index (Phi) is 5.55. The average Bonchev–Trinajstić information content (AvgIpc) is 2.50. The zero-order valence-electron chi connectivity index (χ0n) is 13.1.